The third-order valence-electron chi connectivity index (χ3n) is 7.27. The Morgan fingerprint density at radius 2 is 2.02 bits per heavy atom. The van der Waals surface area contributed by atoms with Gasteiger partial charge in [0.2, 0.25) is 5.91 Å². The Bertz CT molecular complexity index is 1810. The first-order chi connectivity index (χ1) is 23.4. The minimum atomic E-state index is -0.261. The minimum Gasteiger partial charge on any atom is -0.492 e. The van der Waals surface area contributed by atoms with Gasteiger partial charge in [0.15, 0.2) is 0 Å². The van der Waals surface area contributed by atoms with Gasteiger partial charge in [-0.2, -0.15) is 5.26 Å². The smallest absolute Gasteiger partial charge is 0.297 e. The van der Waals surface area contributed by atoms with Crippen molar-refractivity contribution in [1.82, 2.24) is 14.9 Å². The number of pyridine rings is 2. The van der Waals surface area contributed by atoms with Gasteiger partial charge in [-0.1, -0.05) is 29.8 Å². The minimum absolute atomic E-state index is 0.246. The zero-order chi connectivity index (χ0) is 34.3. The fourth-order valence-electron chi connectivity index (χ4n) is 4.95. The van der Waals surface area contributed by atoms with Crippen LogP contribution >= 0.6 is 11.6 Å². The van der Waals surface area contributed by atoms with Crippen LogP contribution in [0.4, 0.5) is 17.1 Å². The van der Waals surface area contributed by atoms with Crippen molar-refractivity contribution in [3.63, 3.8) is 0 Å². The van der Waals surface area contributed by atoms with Crippen molar-refractivity contribution in [3.05, 3.63) is 102 Å². The Morgan fingerprint density at radius 3 is 2.67 bits per heavy atom. The van der Waals surface area contributed by atoms with Gasteiger partial charge in [0.1, 0.15) is 24.2 Å². The maximum atomic E-state index is 12.9. The number of carbonyl (C=O) groups is 2. The molecule has 2 aromatic carbocycles. The van der Waals surface area contributed by atoms with E-state index >= 15 is 0 Å². The quantitative estimate of drug-likeness (QED) is 0.0908. The average molecular weight is 669 g/mol. The molecule has 0 aliphatic carbocycles. The highest BCUT2D eigenvalue weighted by Gasteiger charge is 2.19. The summed E-state index contributed by atoms with van der Waals surface area (Å²) in [7, 11) is 2.06. The molecule has 0 spiro atoms. The van der Waals surface area contributed by atoms with E-state index in [0.717, 1.165) is 25.1 Å². The van der Waals surface area contributed by atoms with Gasteiger partial charge in [0.25, 0.3) is 6.47 Å². The highest BCUT2D eigenvalue weighted by molar-refractivity contribution is 6.32. The molecule has 48 heavy (non-hydrogen) atoms. The van der Waals surface area contributed by atoms with Crippen molar-refractivity contribution in [2.75, 3.05) is 30.8 Å². The fraction of sp³-hybridized carbons (Fsp3) is 0.250. The van der Waals surface area contributed by atoms with Crippen molar-refractivity contribution in [2.24, 2.45) is 0 Å². The van der Waals surface area contributed by atoms with Gasteiger partial charge in [-0.05, 0) is 76.7 Å². The number of hydrogen-bond acceptors (Lipinski definition) is 10. The lowest BCUT2D eigenvalue weighted by Gasteiger charge is -2.17. The first-order valence-corrected chi connectivity index (χ1v) is 15.7. The van der Waals surface area contributed by atoms with Crippen molar-refractivity contribution < 1.29 is 23.8 Å². The molecule has 3 heterocycles. The van der Waals surface area contributed by atoms with E-state index in [-0.39, 0.29) is 18.6 Å². The second kappa shape index (κ2) is 18.0. The summed E-state index contributed by atoms with van der Waals surface area (Å²) in [6.07, 6.45) is 11.8. The van der Waals surface area contributed by atoms with Gasteiger partial charge in [-0.25, -0.2) is 0 Å². The summed E-state index contributed by atoms with van der Waals surface area (Å²) in [5, 5.41) is 17.2. The van der Waals surface area contributed by atoms with E-state index in [4.69, 9.17) is 21.1 Å². The Hall–Kier alpha value is -5.44. The SMILES string of the molecule is C/C=C\OC=O.CCOc1cc2ncc(C#N)c(Nc3ccc(OCc4ccccn4)c(Cl)c3)c2cc1NC(=O)/C=C/[C@H]1CCCN1C. The Morgan fingerprint density at radius 1 is 1.17 bits per heavy atom. The largest absolute Gasteiger partial charge is 0.492 e. The molecule has 1 fully saturated rings. The summed E-state index contributed by atoms with van der Waals surface area (Å²) >= 11 is 6.54. The number of nitrogens with one attached hydrogen (secondary N) is 2. The number of nitrogens with zero attached hydrogens (tertiary/aromatic N) is 4. The predicted octanol–water partition coefficient (Wildman–Crippen LogP) is 7.16. The highest BCUT2D eigenvalue weighted by atomic mass is 35.5. The van der Waals surface area contributed by atoms with Gasteiger partial charge in [-0.3, -0.25) is 24.5 Å². The van der Waals surface area contributed by atoms with E-state index < -0.39 is 0 Å². The molecule has 1 aliphatic rings. The van der Waals surface area contributed by atoms with E-state index in [2.05, 4.69) is 43.4 Å². The maximum absolute atomic E-state index is 12.9. The van der Waals surface area contributed by atoms with Crippen LogP contribution in [0.3, 0.4) is 0 Å². The molecule has 0 saturated carbocycles. The van der Waals surface area contributed by atoms with Crippen LogP contribution in [-0.2, 0) is 20.9 Å². The van der Waals surface area contributed by atoms with E-state index in [1.54, 1.807) is 49.5 Å². The molecular weight excluding hydrogens is 632 g/mol. The number of ether oxygens (including phenoxy) is 3. The number of aromatic nitrogens is 2. The molecule has 0 radical (unpaired) electrons. The first-order valence-electron chi connectivity index (χ1n) is 15.3. The zero-order valence-corrected chi connectivity index (χ0v) is 27.7. The zero-order valence-electron chi connectivity index (χ0n) is 27.0. The maximum Gasteiger partial charge on any atom is 0.297 e. The van der Waals surface area contributed by atoms with Crippen LogP contribution in [0.1, 0.15) is 37.9 Å². The second-order valence-electron chi connectivity index (χ2n) is 10.6. The molecule has 0 unspecified atom stereocenters. The van der Waals surface area contributed by atoms with Crippen molar-refractivity contribution >= 4 is 51.9 Å². The summed E-state index contributed by atoms with van der Waals surface area (Å²) in [6.45, 7) is 5.73. The Balaban J connectivity index is 0.000000794. The molecule has 1 amide bonds. The summed E-state index contributed by atoms with van der Waals surface area (Å²) < 4.78 is 15.8. The van der Waals surface area contributed by atoms with Crippen molar-refractivity contribution in [2.45, 2.75) is 39.3 Å². The highest BCUT2D eigenvalue weighted by Crippen LogP contribution is 2.37. The normalized spacial score (nSPS) is 14.3. The number of benzene rings is 2. The van der Waals surface area contributed by atoms with Crippen LogP contribution in [0.15, 0.2) is 85.4 Å². The Kier molecular flexibility index (Phi) is 13.3. The van der Waals surface area contributed by atoms with Crippen LogP contribution < -0.4 is 20.1 Å². The first kappa shape index (κ1) is 35.4. The van der Waals surface area contributed by atoms with E-state index in [1.165, 1.54) is 12.5 Å². The van der Waals surface area contributed by atoms with E-state index in [1.807, 2.05) is 37.3 Å². The van der Waals surface area contributed by atoms with Crippen LogP contribution in [0.25, 0.3) is 10.9 Å². The molecule has 1 atom stereocenters. The number of nitriles is 1. The van der Waals surface area contributed by atoms with Crippen LogP contribution in [-0.4, -0.2) is 53.5 Å². The second-order valence-corrected chi connectivity index (χ2v) is 11.0. The summed E-state index contributed by atoms with van der Waals surface area (Å²) in [5.74, 6) is 0.740. The third-order valence-corrected chi connectivity index (χ3v) is 7.56. The summed E-state index contributed by atoms with van der Waals surface area (Å²) in [4.78, 5) is 33.1. The number of likely N-dealkylation sites (N-methyl/N-ethyl adjacent to an activating group) is 1. The van der Waals surface area contributed by atoms with Crippen molar-refractivity contribution in [1.29, 1.82) is 5.26 Å². The number of halogens is 1. The lowest BCUT2D eigenvalue weighted by atomic mass is 10.1. The molecule has 1 saturated heterocycles. The number of anilines is 3. The number of rotatable bonds is 12. The number of carbonyl (C=O) groups excluding carboxylic acids is 2. The molecular formula is C36H37ClN6O5. The average Bonchev–Trinajstić information content (AvgIpc) is 3.51. The summed E-state index contributed by atoms with van der Waals surface area (Å²) in [6, 6.07) is 16.9. The molecule has 4 aromatic rings. The monoisotopic (exact) mass is 668 g/mol. The van der Waals surface area contributed by atoms with Crippen molar-refractivity contribution in [3.8, 4) is 17.6 Å². The molecule has 248 valence electrons. The lowest BCUT2D eigenvalue weighted by molar-refractivity contribution is -0.123. The molecule has 2 N–H and O–H groups in total. The van der Waals surface area contributed by atoms with Gasteiger partial charge in [-0.15, -0.1) is 0 Å². The molecule has 1 aliphatic heterocycles. The van der Waals surface area contributed by atoms with Gasteiger partial charge < -0.3 is 24.8 Å². The number of fused-ring (bicyclic) bond motifs is 1. The van der Waals surface area contributed by atoms with E-state index in [0.29, 0.717) is 63.1 Å². The molecule has 5 rings (SSSR count). The van der Waals surface area contributed by atoms with E-state index in [9.17, 15) is 14.9 Å². The topological polar surface area (TPSA) is 139 Å². The molecule has 2 aromatic heterocycles. The predicted molar refractivity (Wildman–Crippen MR) is 186 cm³/mol. The standard InChI is InChI=1S/C32H31ClN6O3.C4H6O2/c1-3-41-30-17-27-25(16-28(30)38-31(40)12-10-24-8-6-14-39(24)2)32(21(18-34)19-36-27)37-22-9-11-29(26(33)15-22)42-20-23-7-4-5-13-35-23;1-2-3-6-4-5/h4-5,7,9-13,15-17,19,24H,3,6,8,14,20H2,1-2H3,(H,36,37)(H,38,40);2-4H,1H3/b12-10+;3-2-/t24-;/m1./s1. The summed E-state index contributed by atoms with van der Waals surface area (Å²) in [5.41, 5.74) is 3.38. The molecule has 0 bridgehead atoms. The molecule has 11 nitrogen and oxygen atoms in total. The third kappa shape index (κ3) is 9.78. The van der Waals surface area contributed by atoms with Crippen LogP contribution in [0.5, 0.6) is 11.5 Å². The van der Waals surface area contributed by atoms with Gasteiger partial charge in [0, 0.05) is 41.7 Å². The lowest BCUT2D eigenvalue weighted by Crippen LogP contribution is -2.23. The number of likely N-dealkylation sites (tertiary alicyclic amines) is 1. The van der Waals surface area contributed by atoms with Gasteiger partial charge >= 0.3 is 0 Å². The van der Waals surface area contributed by atoms with Gasteiger partial charge in [0.05, 0.1) is 46.0 Å². The van der Waals surface area contributed by atoms with Crippen LogP contribution in [0.2, 0.25) is 5.02 Å². The number of amides is 1. The van der Waals surface area contributed by atoms with Crippen LogP contribution in [0, 0.1) is 11.3 Å². The number of allylic oxidation sites excluding steroid dienone is 1. The fourth-order valence-corrected chi connectivity index (χ4v) is 5.18. The molecule has 12 heteroatoms. The number of hydrogen-bond donors (Lipinski definition) is 2. The Labute approximate surface area is 284 Å².